The van der Waals surface area contributed by atoms with E-state index in [1.807, 2.05) is 0 Å². The van der Waals surface area contributed by atoms with Crippen molar-refractivity contribution in [3.05, 3.63) is 11.7 Å². The minimum Gasteiger partial charge on any atom is -0.339 e. The first-order chi connectivity index (χ1) is 7.38. The summed E-state index contributed by atoms with van der Waals surface area (Å²) in [5.74, 6) is 1.47. The van der Waals surface area contributed by atoms with Crippen molar-refractivity contribution in [3.63, 3.8) is 0 Å². The van der Waals surface area contributed by atoms with Crippen molar-refractivity contribution >= 4 is 0 Å². The van der Waals surface area contributed by atoms with Crippen molar-refractivity contribution in [2.75, 3.05) is 26.2 Å². The molecule has 1 aliphatic rings. The van der Waals surface area contributed by atoms with Gasteiger partial charge in [-0.05, 0) is 32.5 Å². The Labute approximate surface area is 89.6 Å². The van der Waals surface area contributed by atoms with Gasteiger partial charge >= 0.3 is 0 Å². The van der Waals surface area contributed by atoms with Crippen molar-refractivity contribution in [2.45, 2.75) is 25.7 Å². The lowest BCUT2D eigenvalue weighted by molar-refractivity contribution is 0.310. The zero-order chi connectivity index (χ0) is 10.5. The largest absolute Gasteiger partial charge is 0.339 e. The molecule has 1 saturated heterocycles. The normalized spacial score (nSPS) is 17.4. The molecule has 1 fully saturated rings. The quantitative estimate of drug-likeness (QED) is 0.752. The molecular weight excluding hydrogens is 192 g/mol. The topological polar surface area (TPSA) is 68.2 Å². The minimum absolute atomic E-state index is 0.575. The van der Waals surface area contributed by atoms with E-state index in [1.54, 1.807) is 0 Å². The van der Waals surface area contributed by atoms with Gasteiger partial charge in [0.05, 0.1) is 0 Å². The SMILES string of the molecule is NCCc1noc(CCN2CCCC2)n1. The fourth-order valence-electron chi connectivity index (χ4n) is 1.88. The summed E-state index contributed by atoms with van der Waals surface area (Å²) in [5.41, 5.74) is 5.41. The third-order valence-corrected chi connectivity index (χ3v) is 2.72. The highest BCUT2D eigenvalue weighted by Crippen LogP contribution is 2.08. The predicted octanol–water partition coefficient (Wildman–Crippen LogP) is 0.209. The Bertz CT molecular complexity index is 293. The van der Waals surface area contributed by atoms with E-state index in [1.165, 1.54) is 25.9 Å². The van der Waals surface area contributed by atoms with Crippen molar-refractivity contribution in [2.24, 2.45) is 5.73 Å². The van der Waals surface area contributed by atoms with Gasteiger partial charge in [-0.15, -0.1) is 0 Å². The zero-order valence-electron chi connectivity index (χ0n) is 8.98. The lowest BCUT2D eigenvalue weighted by Crippen LogP contribution is -2.22. The number of aromatic nitrogens is 2. The van der Waals surface area contributed by atoms with E-state index < -0.39 is 0 Å². The Hall–Kier alpha value is -0.940. The number of hydrogen-bond acceptors (Lipinski definition) is 5. The van der Waals surface area contributed by atoms with E-state index >= 15 is 0 Å². The molecule has 1 aliphatic heterocycles. The Kier molecular flexibility index (Phi) is 3.69. The molecule has 15 heavy (non-hydrogen) atoms. The number of hydrogen-bond donors (Lipinski definition) is 1. The molecule has 2 rings (SSSR count). The molecule has 1 aromatic heterocycles. The molecule has 0 unspecified atom stereocenters. The summed E-state index contributed by atoms with van der Waals surface area (Å²) < 4.78 is 5.13. The van der Waals surface area contributed by atoms with Gasteiger partial charge in [0.25, 0.3) is 0 Å². The molecule has 0 spiro atoms. The first kappa shape index (κ1) is 10.6. The summed E-state index contributed by atoms with van der Waals surface area (Å²) >= 11 is 0. The Morgan fingerprint density at radius 3 is 2.80 bits per heavy atom. The second-order valence-electron chi connectivity index (χ2n) is 3.94. The van der Waals surface area contributed by atoms with Gasteiger partial charge in [0.2, 0.25) is 5.89 Å². The minimum atomic E-state index is 0.575. The van der Waals surface area contributed by atoms with E-state index in [0.29, 0.717) is 13.0 Å². The van der Waals surface area contributed by atoms with Gasteiger partial charge in [0.1, 0.15) is 0 Å². The Balaban J connectivity index is 1.77. The van der Waals surface area contributed by atoms with Crippen LogP contribution in [-0.2, 0) is 12.8 Å². The maximum Gasteiger partial charge on any atom is 0.227 e. The van der Waals surface area contributed by atoms with E-state index in [0.717, 1.165) is 24.7 Å². The fourth-order valence-corrected chi connectivity index (χ4v) is 1.88. The molecule has 0 radical (unpaired) electrons. The second-order valence-corrected chi connectivity index (χ2v) is 3.94. The molecule has 0 aromatic carbocycles. The molecule has 1 aromatic rings. The highest BCUT2D eigenvalue weighted by molar-refractivity contribution is 4.87. The first-order valence-corrected chi connectivity index (χ1v) is 5.62. The third-order valence-electron chi connectivity index (χ3n) is 2.72. The smallest absolute Gasteiger partial charge is 0.227 e. The maximum absolute atomic E-state index is 5.41. The molecule has 0 aliphatic carbocycles. The van der Waals surface area contributed by atoms with Crippen molar-refractivity contribution in [1.82, 2.24) is 15.0 Å². The van der Waals surface area contributed by atoms with Crippen LogP contribution in [0, 0.1) is 0 Å². The third kappa shape index (κ3) is 3.00. The number of likely N-dealkylation sites (tertiary alicyclic amines) is 1. The molecule has 5 nitrogen and oxygen atoms in total. The Morgan fingerprint density at radius 2 is 2.07 bits per heavy atom. The van der Waals surface area contributed by atoms with Crippen LogP contribution < -0.4 is 5.73 Å². The van der Waals surface area contributed by atoms with Gasteiger partial charge in [0, 0.05) is 19.4 Å². The first-order valence-electron chi connectivity index (χ1n) is 5.62. The average molecular weight is 210 g/mol. The van der Waals surface area contributed by atoms with E-state index in [2.05, 4.69) is 15.0 Å². The molecule has 84 valence electrons. The monoisotopic (exact) mass is 210 g/mol. The zero-order valence-corrected chi connectivity index (χ0v) is 8.98. The molecular formula is C10H18N4O. The highest BCUT2D eigenvalue weighted by atomic mass is 16.5. The molecule has 2 N–H and O–H groups in total. The lowest BCUT2D eigenvalue weighted by atomic mass is 10.4. The lowest BCUT2D eigenvalue weighted by Gasteiger charge is -2.11. The van der Waals surface area contributed by atoms with Crippen LogP contribution in [0.2, 0.25) is 0 Å². The summed E-state index contributed by atoms with van der Waals surface area (Å²) in [4.78, 5) is 6.71. The van der Waals surface area contributed by atoms with Crippen LogP contribution in [0.25, 0.3) is 0 Å². The highest BCUT2D eigenvalue weighted by Gasteiger charge is 2.13. The number of nitrogens with zero attached hydrogens (tertiary/aromatic N) is 3. The van der Waals surface area contributed by atoms with Crippen molar-refractivity contribution < 1.29 is 4.52 Å². The predicted molar refractivity (Wildman–Crippen MR) is 56.4 cm³/mol. The van der Waals surface area contributed by atoms with Crippen LogP contribution in [0.4, 0.5) is 0 Å². The van der Waals surface area contributed by atoms with E-state index in [-0.39, 0.29) is 0 Å². The van der Waals surface area contributed by atoms with E-state index in [9.17, 15) is 0 Å². The standard InChI is InChI=1S/C10H18N4O/c11-5-3-9-12-10(15-13-9)4-8-14-6-1-2-7-14/h1-8,11H2. The number of nitrogens with two attached hydrogens (primary N) is 1. The Morgan fingerprint density at radius 1 is 1.27 bits per heavy atom. The summed E-state index contributed by atoms with van der Waals surface area (Å²) in [6.07, 6.45) is 4.20. The summed E-state index contributed by atoms with van der Waals surface area (Å²) in [6, 6.07) is 0. The van der Waals surface area contributed by atoms with Gasteiger partial charge in [0.15, 0.2) is 5.82 Å². The van der Waals surface area contributed by atoms with Crippen LogP contribution in [0.5, 0.6) is 0 Å². The van der Waals surface area contributed by atoms with Gasteiger partial charge in [-0.3, -0.25) is 0 Å². The van der Waals surface area contributed by atoms with Crippen LogP contribution >= 0.6 is 0 Å². The fraction of sp³-hybridized carbons (Fsp3) is 0.800. The molecule has 0 saturated carbocycles. The average Bonchev–Trinajstić information content (AvgIpc) is 2.85. The molecule has 0 bridgehead atoms. The summed E-state index contributed by atoms with van der Waals surface area (Å²) in [6.45, 7) is 4.03. The number of rotatable bonds is 5. The molecule has 0 amide bonds. The second kappa shape index (κ2) is 5.23. The van der Waals surface area contributed by atoms with Crippen LogP contribution in [0.1, 0.15) is 24.6 Å². The maximum atomic E-state index is 5.41. The van der Waals surface area contributed by atoms with Crippen LogP contribution in [0.15, 0.2) is 4.52 Å². The summed E-state index contributed by atoms with van der Waals surface area (Å²) in [5, 5.41) is 3.87. The van der Waals surface area contributed by atoms with Crippen molar-refractivity contribution in [1.29, 1.82) is 0 Å². The van der Waals surface area contributed by atoms with Gasteiger partial charge in [-0.2, -0.15) is 4.98 Å². The molecule has 0 atom stereocenters. The van der Waals surface area contributed by atoms with Crippen LogP contribution in [0.3, 0.4) is 0 Å². The van der Waals surface area contributed by atoms with Gasteiger partial charge in [-0.1, -0.05) is 5.16 Å². The van der Waals surface area contributed by atoms with Gasteiger partial charge < -0.3 is 15.2 Å². The van der Waals surface area contributed by atoms with E-state index in [4.69, 9.17) is 10.3 Å². The van der Waals surface area contributed by atoms with Crippen molar-refractivity contribution in [3.8, 4) is 0 Å². The van der Waals surface area contributed by atoms with Crippen LogP contribution in [-0.4, -0.2) is 41.2 Å². The molecule has 2 heterocycles. The summed E-state index contributed by atoms with van der Waals surface area (Å²) in [7, 11) is 0. The molecule has 5 heteroatoms. The van der Waals surface area contributed by atoms with Gasteiger partial charge in [-0.25, -0.2) is 0 Å².